The number of hydrogen-bond donors (Lipinski definition) is 2. The minimum absolute atomic E-state index is 0.0120. The summed E-state index contributed by atoms with van der Waals surface area (Å²) in [6.45, 7) is 0. The molecule has 0 radical (unpaired) electrons. The van der Waals surface area contributed by atoms with E-state index in [1.165, 1.54) is 18.9 Å². The first kappa shape index (κ1) is 20.5. The highest BCUT2D eigenvalue weighted by Crippen LogP contribution is 2.34. The van der Waals surface area contributed by atoms with Crippen molar-refractivity contribution in [3.8, 4) is 11.5 Å². The number of anilines is 2. The first-order valence-electron chi connectivity index (χ1n) is 9.22. The normalized spacial score (nSPS) is 21.5. The molecule has 2 aromatic rings. The van der Waals surface area contributed by atoms with Crippen LogP contribution in [-0.2, 0) is 9.84 Å². The zero-order chi connectivity index (χ0) is 21.3. The summed E-state index contributed by atoms with van der Waals surface area (Å²) in [5, 5.41) is 6.72. The molecule has 158 valence electrons. The van der Waals surface area contributed by atoms with Gasteiger partial charge in [-0.1, -0.05) is 11.8 Å². The largest absolute Gasteiger partial charge is 0.497 e. The number of rotatable bonds is 5. The molecule has 2 heterocycles. The number of nitrogens with zero attached hydrogens (tertiary/aromatic N) is 1. The lowest BCUT2D eigenvalue weighted by atomic mass is 10.2. The van der Waals surface area contributed by atoms with E-state index in [0.29, 0.717) is 27.9 Å². The van der Waals surface area contributed by atoms with Gasteiger partial charge in [0.1, 0.15) is 11.5 Å². The maximum Gasteiger partial charge on any atom is 0.255 e. The van der Waals surface area contributed by atoms with E-state index >= 15 is 0 Å². The van der Waals surface area contributed by atoms with Crippen LogP contribution >= 0.6 is 11.8 Å². The molecule has 0 bridgehead atoms. The van der Waals surface area contributed by atoms with E-state index in [1.807, 2.05) is 0 Å². The summed E-state index contributed by atoms with van der Waals surface area (Å²) in [5.41, 5.74) is 1.81. The molecule has 1 amide bonds. The van der Waals surface area contributed by atoms with Crippen molar-refractivity contribution in [3.63, 3.8) is 0 Å². The molecule has 1 saturated heterocycles. The lowest BCUT2D eigenvalue weighted by Crippen LogP contribution is -2.13. The number of ether oxygens (including phenoxy) is 2. The summed E-state index contributed by atoms with van der Waals surface area (Å²) in [6.07, 6.45) is 0. The van der Waals surface area contributed by atoms with Crippen LogP contribution < -0.4 is 20.1 Å². The molecular weight excluding hydrogens is 426 g/mol. The Morgan fingerprint density at radius 2 is 1.87 bits per heavy atom. The molecule has 0 spiro atoms. The monoisotopic (exact) mass is 447 g/mol. The van der Waals surface area contributed by atoms with Crippen molar-refractivity contribution < 1.29 is 22.7 Å². The van der Waals surface area contributed by atoms with Crippen molar-refractivity contribution in [2.45, 2.75) is 11.3 Å². The number of amidine groups is 1. The highest BCUT2D eigenvalue weighted by atomic mass is 32.2. The van der Waals surface area contributed by atoms with Crippen LogP contribution in [0.2, 0.25) is 0 Å². The molecule has 2 aliphatic rings. The van der Waals surface area contributed by atoms with Crippen LogP contribution in [-0.4, -0.2) is 56.5 Å². The van der Waals surface area contributed by atoms with Crippen LogP contribution in [0.4, 0.5) is 11.4 Å². The third kappa shape index (κ3) is 4.39. The Kier molecular flexibility index (Phi) is 5.61. The first-order valence-corrected chi connectivity index (χ1v) is 11.9. The van der Waals surface area contributed by atoms with Gasteiger partial charge in [0.05, 0.1) is 37.5 Å². The SMILES string of the molecule is COc1ccc(NC(=O)c2ccc(NC3=N[C@@H]4CS(=O)(=O)C[C@@H]4S3)cc2)c(OC)c1. The molecule has 10 heteroatoms. The standard InChI is InChI=1S/C20H21N3O5S2/c1-27-14-7-8-15(17(9-14)28-2)22-19(24)12-3-5-13(6-4-12)21-20-23-16-10-30(25,26)11-18(16)29-20/h3-9,16,18H,10-11H2,1-2H3,(H,21,23)(H,22,24)/t16-,18+/m1/s1. The second-order valence-electron chi connectivity index (χ2n) is 6.96. The van der Waals surface area contributed by atoms with Gasteiger partial charge in [0.15, 0.2) is 15.0 Å². The molecule has 2 atom stereocenters. The van der Waals surface area contributed by atoms with E-state index in [1.54, 1.807) is 49.6 Å². The van der Waals surface area contributed by atoms with Crippen molar-refractivity contribution >= 4 is 44.0 Å². The lowest BCUT2D eigenvalue weighted by Gasteiger charge is -2.12. The van der Waals surface area contributed by atoms with Gasteiger partial charge in [-0.3, -0.25) is 9.79 Å². The third-order valence-corrected chi connectivity index (χ3v) is 8.02. The molecule has 30 heavy (non-hydrogen) atoms. The van der Waals surface area contributed by atoms with Gasteiger partial charge in [-0.25, -0.2) is 8.42 Å². The Morgan fingerprint density at radius 1 is 1.10 bits per heavy atom. The van der Waals surface area contributed by atoms with Crippen LogP contribution in [0.25, 0.3) is 0 Å². The molecular formula is C20H21N3O5S2. The van der Waals surface area contributed by atoms with Gasteiger partial charge in [-0.05, 0) is 36.4 Å². The number of carbonyl (C=O) groups is 1. The zero-order valence-electron chi connectivity index (χ0n) is 16.4. The van der Waals surface area contributed by atoms with Crippen LogP contribution in [0.5, 0.6) is 11.5 Å². The number of sulfone groups is 1. The smallest absolute Gasteiger partial charge is 0.255 e. The average molecular weight is 448 g/mol. The topological polar surface area (TPSA) is 106 Å². The van der Waals surface area contributed by atoms with Crippen molar-refractivity contribution in [2.24, 2.45) is 4.99 Å². The van der Waals surface area contributed by atoms with E-state index in [4.69, 9.17) is 9.47 Å². The average Bonchev–Trinajstić information content (AvgIpc) is 3.21. The Balaban J connectivity index is 1.40. The first-order chi connectivity index (χ1) is 14.4. The number of methoxy groups -OCH3 is 2. The second-order valence-corrected chi connectivity index (χ2v) is 10.3. The maximum absolute atomic E-state index is 12.6. The number of benzene rings is 2. The highest BCUT2D eigenvalue weighted by molar-refractivity contribution is 8.15. The van der Waals surface area contributed by atoms with Crippen molar-refractivity contribution in [2.75, 3.05) is 36.4 Å². The van der Waals surface area contributed by atoms with Crippen molar-refractivity contribution in [1.82, 2.24) is 0 Å². The zero-order valence-corrected chi connectivity index (χ0v) is 18.0. The fourth-order valence-corrected chi connectivity index (χ4v) is 7.02. The molecule has 2 aromatic carbocycles. The molecule has 0 saturated carbocycles. The van der Waals surface area contributed by atoms with Crippen LogP contribution in [0.3, 0.4) is 0 Å². The van der Waals surface area contributed by atoms with E-state index in [-0.39, 0.29) is 28.7 Å². The minimum Gasteiger partial charge on any atom is -0.497 e. The fourth-order valence-electron chi connectivity index (χ4n) is 3.34. The molecule has 0 unspecified atom stereocenters. The Hall–Kier alpha value is -2.72. The number of hydrogen-bond acceptors (Lipinski definition) is 8. The molecule has 2 aliphatic heterocycles. The van der Waals surface area contributed by atoms with E-state index in [9.17, 15) is 13.2 Å². The molecule has 8 nitrogen and oxygen atoms in total. The van der Waals surface area contributed by atoms with Gasteiger partial charge in [-0.15, -0.1) is 0 Å². The van der Waals surface area contributed by atoms with Crippen LogP contribution in [0.1, 0.15) is 10.4 Å². The lowest BCUT2D eigenvalue weighted by molar-refractivity contribution is 0.102. The number of amides is 1. The van der Waals surface area contributed by atoms with Crippen molar-refractivity contribution in [1.29, 1.82) is 0 Å². The molecule has 0 aromatic heterocycles. The summed E-state index contributed by atoms with van der Waals surface area (Å²) in [5.74, 6) is 1.16. The third-order valence-electron chi connectivity index (χ3n) is 4.87. The van der Waals surface area contributed by atoms with E-state index < -0.39 is 9.84 Å². The van der Waals surface area contributed by atoms with Gasteiger partial charge < -0.3 is 20.1 Å². The summed E-state index contributed by atoms with van der Waals surface area (Å²) < 4.78 is 33.8. The summed E-state index contributed by atoms with van der Waals surface area (Å²) >= 11 is 1.45. The van der Waals surface area contributed by atoms with Crippen LogP contribution in [0, 0.1) is 0 Å². The fraction of sp³-hybridized carbons (Fsp3) is 0.300. The molecule has 0 aliphatic carbocycles. The second kappa shape index (κ2) is 8.19. The van der Waals surface area contributed by atoms with E-state index in [2.05, 4.69) is 15.6 Å². The predicted molar refractivity (Wildman–Crippen MR) is 119 cm³/mol. The van der Waals surface area contributed by atoms with Gasteiger partial charge in [0.25, 0.3) is 5.91 Å². The molecule has 1 fully saturated rings. The number of aliphatic imine (C=N–C) groups is 1. The Morgan fingerprint density at radius 3 is 2.53 bits per heavy atom. The highest BCUT2D eigenvalue weighted by Gasteiger charge is 2.42. The van der Waals surface area contributed by atoms with Gasteiger partial charge >= 0.3 is 0 Å². The van der Waals surface area contributed by atoms with Gasteiger partial charge in [0, 0.05) is 22.6 Å². The van der Waals surface area contributed by atoms with Gasteiger partial charge in [-0.2, -0.15) is 0 Å². The summed E-state index contributed by atoms with van der Waals surface area (Å²) in [4.78, 5) is 17.1. The Labute approximate surface area is 179 Å². The van der Waals surface area contributed by atoms with E-state index in [0.717, 1.165) is 5.69 Å². The number of fused-ring (bicyclic) bond motifs is 1. The quantitative estimate of drug-likeness (QED) is 0.726. The van der Waals surface area contributed by atoms with Crippen molar-refractivity contribution in [3.05, 3.63) is 48.0 Å². The minimum atomic E-state index is -2.97. The molecule has 4 rings (SSSR count). The molecule has 2 N–H and O–H groups in total. The number of nitrogens with one attached hydrogen (secondary N) is 2. The summed E-state index contributed by atoms with van der Waals surface area (Å²) in [6, 6.07) is 12.0. The predicted octanol–water partition coefficient (Wildman–Crippen LogP) is 2.64. The Bertz CT molecular complexity index is 1100. The van der Waals surface area contributed by atoms with Crippen LogP contribution in [0.15, 0.2) is 47.5 Å². The number of carbonyl (C=O) groups excluding carboxylic acids is 1. The number of thioether (sulfide) groups is 1. The maximum atomic E-state index is 12.6. The van der Waals surface area contributed by atoms with Gasteiger partial charge in [0.2, 0.25) is 0 Å². The summed E-state index contributed by atoms with van der Waals surface area (Å²) in [7, 11) is 0.120.